The summed E-state index contributed by atoms with van der Waals surface area (Å²) in [5.74, 6) is 0.733. The number of hydrogen-bond donors (Lipinski definition) is 1. The lowest BCUT2D eigenvalue weighted by Gasteiger charge is -2.22. The predicted octanol–water partition coefficient (Wildman–Crippen LogP) is 0.217. The fourth-order valence-electron chi connectivity index (χ4n) is 2.03. The van der Waals surface area contributed by atoms with Crippen LogP contribution in [0.5, 0.6) is 0 Å². The Hall–Kier alpha value is -0.120. The van der Waals surface area contributed by atoms with E-state index in [1.807, 2.05) is 0 Å². The number of likely N-dealkylation sites (N-methyl/N-ethyl adjacent to an activating group) is 1. The van der Waals surface area contributed by atoms with E-state index in [1.165, 1.54) is 19.5 Å². The van der Waals surface area contributed by atoms with Gasteiger partial charge in [0.1, 0.15) is 0 Å². The van der Waals surface area contributed by atoms with Gasteiger partial charge in [0.15, 0.2) is 0 Å². The Bertz CT molecular complexity index is 147. The molecule has 78 valence electrons. The standard InChI is InChI=1S/C10H23N3/c1-9-6-10(7-11)8-13(9)5-4-12(2)3/h9-10H,4-8,11H2,1-3H3. The highest BCUT2D eigenvalue weighted by Crippen LogP contribution is 2.21. The molecule has 0 spiro atoms. The summed E-state index contributed by atoms with van der Waals surface area (Å²) in [4.78, 5) is 4.79. The van der Waals surface area contributed by atoms with Gasteiger partial charge in [0, 0.05) is 25.7 Å². The van der Waals surface area contributed by atoms with Crippen molar-refractivity contribution in [2.24, 2.45) is 11.7 Å². The molecule has 13 heavy (non-hydrogen) atoms. The molecule has 0 aromatic heterocycles. The molecule has 0 radical (unpaired) electrons. The van der Waals surface area contributed by atoms with Crippen LogP contribution >= 0.6 is 0 Å². The first kappa shape index (κ1) is 11.0. The maximum Gasteiger partial charge on any atom is 0.0112 e. The van der Waals surface area contributed by atoms with Gasteiger partial charge in [0.25, 0.3) is 0 Å². The minimum absolute atomic E-state index is 0.730. The molecular formula is C10H23N3. The minimum atomic E-state index is 0.730. The molecule has 1 saturated heterocycles. The zero-order valence-electron chi connectivity index (χ0n) is 9.16. The van der Waals surface area contributed by atoms with Crippen LogP contribution in [-0.2, 0) is 0 Å². The van der Waals surface area contributed by atoms with Crippen molar-refractivity contribution in [2.75, 3.05) is 40.3 Å². The molecule has 1 rings (SSSR count). The maximum atomic E-state index is 5.68. The number of rotatable bonds is 4. The van der Waals surface area contributed by atoms with Crippen molar-refractivity contribution in [1.82, 2.24) is 9.80 Å². The van der Waals surface area contributed by atoms with E-state index in [0.29, 0.717) is 0 Å². The smallest absolute Gasteiger partial charge is 0.0112 e. The van der Waals surface area contributed by atoms with Gasteiger partial charge in [-0.05, 0) is 39.9 Å². The average molecular weight is 185 g/mol. The second-order valence-corrected chi connectivity index (χ2v) is 4.48. The van der Waals surface area contributed by atoms with Crippen LogP contribution < -0.4 is 5.73 Å². The van der Waals surface area contributed by atoms with E-state index < -0.39 is 0 Å². The molecule has 2 unspecified atom stereocenters. The molecule has 1 aliphatic heterocycles. The van der Waals surface area contributed by atoms with Crippen LogP contribution in [0.15, 0.2) is 0 Å². The van der Waals surface area contributed by atoms with E-state index in [0.717, 1.165) is 25.0 Å². The van der Waals surface area contributed by atoms with Crippen molar-refractivity contribution in [3.8, 4) is 0 Å². The van der Waals surface area contributed by atoms with Gasteiger partial charge in [-0.3, -0.25) is 4.90 Å². The zero-order valence-corrected chi connectivity index (χ0v) is 9.16. The van der Waals surface area contributed by atoms with Crippen molar-refractivity contribution in [3.63, 3.8) is 0 Å². The fourth-order valence-corrected chi connectivity index (χ4v) is 2.03. The number of nitrogens with two attached hydrogens (primary N) is 1. The lowest BCUT2D eigenvalue weighted by molar-refractivity contribution is 0.233. The first-order valence-corrected chi connectivity index (χ1v) is 5.22. The third-order valence-electron chi connectivity index (χ3n) is 2.96. The highest BCUT2D eigenvalue weighted by atomic mass is 15.2. The molecule has 3 nitrogen and oxygen atoms in total. The van der Waals surface area contributed by atoms with E-state index in [2.05, 4.69) is 30.8 Å². The maximum absolute atomic E-state index is 5.68. The molecule has 1 heterocycles. The molecule has 2 N–H and O–H groups in total. The van der Waals surface area contributed by atoms with Crippen molar-refractivity contribution in [1.29, 1.82) is 0 Å². The predicted molar refractivity (Wildman–Crippen MR) is 56.8 cm³/mol. The summed E-state index contributed by atoms with van der Waals surface area (Å²) in [6.07, 6.45) is 1.28. The van der Waals surface area contributed by atoms with Crippen molar-refractivity contribution < 1.29 is 0 Å². The average Bonchev–Trinajstić information content (AvgIpc) is 2.43. The quantitative estimate of drug-likeness (QED) is 0.680. The van der Waals surface area contributed by atoms with Crippen molar-refractivity contribution in [2.45, 2.75) is 19.4 Å². The fraction of sp³-hybridized carbons (Fsp3) is 1.00. The Morgan fingerprint density at radius 2 is 2.15 bits per heavy atom. The second-order valence-electron chi connectivity index (χ2n) is 4.48. The van der Waals surface area contributed by atoms with E-state index in [4.69, 9.17) is 5.73 Å². The molecule has 0 aliphatic carbocycles. The van der Waals surface area contributed by atoms with Crippen LogP contribution in [0.4, 0.5) is 0 Å². The van der Waals surface area contributed by atoms with Crippen LogP contribution in [0.1, 0.15) is 13.3 Å². The lowest BCUT2D eigenvalue weighted by atomic mass is 10.1. The van der Waals surface area contributed by atoms with E-state index in [9.17, 15) is 0 Å². The van der Waals surface area contributed by atoms with Gasteiger partial charge in [-0.15, -0.1) is 0 Å². The van der Waals surface area contributed by atoms with Gasteiger partial charge in [-0.1, -0.05) is 0 Å². The molecule has 1 aliphatic rings. The van der Waals surface area contributed by atoms with Gasteiger partial charge < -0.3 is 10.6 Å². The van der Waals surface area contributed by atoms with Gasteiger partial charge in [0.05, 0.1) is 0 Å². The van der Waals surface area contributed by atoms with E-state index in [1.54, 1.807) is 0 Å². The van der Waals surface area contributed by atoms with Gasteiger partial charge in [-0.2, -0.15) is 0 Å². The largest absolute Gasteiger partial charge is 0.330 e. The summed E-state index contributed by atoms with van der Waals surface area (Å²) >= 11 is 0. The SMILES string of the molecule is CC1CC(CN)CN1CCN(C)C. The number of nitrogens with zero attached hydrogens (tertiary/aromatic N) is 2. The summed E-state index contributed by atoms with van der Waals surface area (Å²) < 4.78 is 0. The number of hydrogen-bond acceptors (Lipinski definition) is 3. The normalized spacial score (nSPS) is 30.2. The van der Waals surface area contributed by atoms with E-state index in [-0.39, 0.29) is 0 Å². The summed E-state index contributed by atoms with van der Waals surface area (Å²) in [6, 6.07) is 0.730. The van der Waals surface area contributed by atoms with Gasteiger partial charge >= 0.3 is 0 Å². The first-order valence-electron chi connectivity index (χ1n) is 5.22. The monoisotopic (exact) mass is 185 g/mol. The zero-order chi connectivity index (χ0) is 9.84. The molecule has 0 saturated carbocycles. The van der Waals surface area contributed by atoms with Crippen LogP contribution in [0, 0.1) is 5.92 Å². The Labute approximate surface area is 81.9 Å². The Morgan fingerprint density at radius 3 is 2.62 bits per heavy atom. The van der Waals surface area contributed by atoms with Crippen LogP contribution in [0.2, 0.25) is 0 Å². The molecule has 3 heteroatoms. The van der Waals surface area contributed by atoms with Crippen molar-refractivity contribution in [3.05, 3.63) is 0 Å². The highest BCUT2D eigenvalue weighted by molar-refractivity contribution is 4.82. The molecule has 2 atom stereocenters. The van der Waals surface area contributed by atoms with Gasteiger partial charge in [0.2, 0.25) is 0 Å². The summed E-state index contributed by atoms with van der Waals surface area (Å²) in [7, 11) is 4.25. The van der Waals surface area contributed by atoms with E-state index >= 15 is 0 Å². The summed E-state index contributed by atoms with van der Waals surface area (Å²) in [5.41, 5.74) is 5.68. The van der Waals surface area contributed by atoms with Crippen LogP contribution in [0.3, 0.4) is 0 Å². The lowest BCUT2D eigenvalue weighted by Crippen LogP contribution is -2.34. The third kappa shape index (κ3) is 3.25. The summed E-state index contributed by atoms with van der Waals surface area (Å²) in [6.45, 7) is 6.70. The molecule has 1 fully saturated rings. The first-order chi connectivity index (χ1) is 6.13. The Kier molecular flexibility index (Phi) is 4.16. The van der Waals surface area contributed by atoms with Crippen LogP contribution in [-0.4, -0.2) is 56.1 Å². The molecule has 0 bridgehead atoms. The van der Waals surface area contributed by atoms with Gasteiger partial charge in [-0.25, -0.2) is 0 Å². The van der Waals surface area contributed by atoms with Crippen molar-refractivity contribution >= 4 is 0 Å². The molecule has 0 aromatic rings. The van der Waals surface area contributed by atoms with Crippen LogP contribution in [0.25, 0.3) is 0 Å². The third-order valence-corrected chi connectivity index (χ3v) is 2.96. The second kappa shape index (κ2) is 4.94. The number of likely N-dealkylation sites (tertiary alicyclic amines) is 1. The minimum Gasteiger partial charge on any atom is -0.330 e. The molecule has 0 aromatic carbocycles. The summed E-state index contributed by atoms with van der Waals surface area (Å²) in [5, 5.41) is 0. The Balaban J connectivity index is 2.26. The molecular weight excluding hydrogens is 162 g/mol. The topological polar surface area (TPSA) is 32.5 Å². The highest BCUT2D eigenvalue weighted by Gasteiger charge is 2.27. The molecule has 0 amide bonds. The Morgan fingerprint density at radius 1 is 1.46 bits per heavy atom.